The number of amides is 2. The van der Waals surface area contributed by atoms with Crippen molar-refractivity contribution in [1.29, 1.82) is 0 Å². The van der Waals surface area contributed by atoms with Crippen LogP contribution >= 0.6 is 0 Å². The van der Waals surface area contributed by atoms with E-state index < -0.39 is 17.7 Å². The van der Waals surface area contributed by atoms with E-state index in [1.807, 2.05) is 0 Å². The second kappa shape index (κ2) is 7.72. The maximum absolute atomic E-state index is 12.4. The van der Waals surface area contributed by atoms with Gasteiger partial charge in [0.2, 0.25) is 29.4 Å². The third kappa shape index (κ3) is 3.51. The van der Waals surface area contributed by atoms with Crippen molar-refractivity contribution in [3.05, 3.63) is 52.6 Å². The number of carbonyl (C=O) groups is 2. The number of rotatable bonds is 5. The molecule has 1 fully saturated rings. The summed E-state index contributed by atoms with van der Waals surface area (Å²) >= 11 is 0. The van der Waals surface area contributed by atoms with Gasteiger partial charge in [0, 0.05) is 6.42 Å². The van der Waals surface area contributed by atoms with Gasteiger partial charge in [-0.15, -0.1) is 0 Å². The molecule has 12 nitrogen and oxygen atoms in total. The van der Waals surface area contributed by atoms with Crippen LogP contribution in [0.3, 0.4) is 0 Å². The van der Waals surface area contributed by atoms with Gasteiger partial charge in [-0.3, -0.25) is 19.5 Å². The van der Waals surface area contributed by atoms with Crippen LogP contribution in [0.4, 0.5) is 0 Å². The lowest BCUT2D eigenvalue weighted by molar-refractivity contribution is -0.135. The molecule has 1 saturated heterocycles. The van der Waals surface area contributed by atoms with E-state index in [4.69, 9.17) is 13.7 Å². The van der Waals surface area contributed by atoms with Gasteiger partial charge in [0.05, 0.1) is 31.4 Å². The molecule has 0 aliphatic carbocycles. The Morgan fingerprint density at radius 2 is 2.09 bits per heavy atom. The minimum absolute atomic E-state index is 0.147. The normalized spacial score (nSPS) is 16.3. The van der Waals surface area contributed by atoms with Gasteiger partial charge >= 0.3 is 5.76 Å². The molecule has 5 rings (SSSR count). The average molecular weight is 436 g/mol. The number of benzene rings is 1. The number of oxazole rings is 1. The van der Waals surface area contributed by atoms with Crippen molar-refractivity contribution in [2.75, 3.05) is 7.11 Å². The lowest BCUT2D eigenvalue weighted by Gasteiger charge is -2.21. The highest BCUT2D eigenvalue weighted by molar-refractivity contribution is 6.00. The highest BCUT2D eigenvalue weighted by Crippen LogP contribution is 2.25. The first kappa shape index (κ1) is 19.6. The quantitative estimate of drug-likeness (QED) is 0.448. The number of hydrogen-bond acceptors (Lipinski definition) is 10. The summed E-state index contributed by atoms with van der Waals surface area (Å²) in [5.41, 5.74) is 1.97. The molecule has 1 aromatic carbocycles. The molecule has 1 aliphatic rings. The number of piperidine rings is 1. The summed E-state index contributed by atoms with van der Waals surface area (Å²) in [4.78, 5) is 48.7. The van der Waals surface area contributed by atoms with Crippen molar-refractivity contribution >= 4 is 22.9 Å². The molecule has 4 aromatic rings. The number of nitrogens with zero attached hydrogens (tertiary/aromatic N) is 5. The molecule has 4 heterocycles. The van der Waals surface area contributed by atoms with Crippen molar-refractivity contribution < 1.29 is 23.3 Å². The molecule has 162 valence electrons. The highest BCUT2D eigenvalue weighted by Gasteiger charge is 2.31. The lowest BCUT2D eigenvalue weighted by atomic mass is 10.1. The third-order valence-electron chi connectivity index (χ3n) is 5.09. The smallest absolute Gasteiger partial charge is 0.420 e. The van der Waals surface area contributed by atoms with Crippen LogP contribution in [0.2, 0.25) is 0 Å². The summed E-state index contributed by atoms with van der Waals surface area (Å²) < 4.78 is 16.8. The first-order valence-corrected chi connectivity index (χ1v) is 9.68. The van der Waals surface area contributed by atoms with Crippen molar-refractivity contribution in [3.63, 3.8) is 0 Å². The van der Waals surface area contributed by atoms with Crippen LogP contribution in [0.1, 0.15) is 30.3 Å². The first-order chi connectivity index (χ1) is 15.5. The Hall–Kier alpha value is -4.35. The molecule has 1 atom stereocenters. The van der Waals surface area contributed by atoms with E-state index in [0.29, 0.717) is 28.6 Å². The predicted molar refractivity (Wildman–Crippen MR) is 107 cm³/mol. The fraction of sp³-hybridized carbons (Fsp3) is 0.250. The molecule has 3 aromatic heterocycles. The van der Waals surface area contributed by atoms with Gasteiger partial charge in [-0.25, -0.2) is 14.8 Å². The molecule has 0 saturated carbocycles. The van der Waals surface area contributed by atoms with Crippen LogP contribution in [0.5, 0.6) is 5.88 Å². The van der Waals surface area contributed by atoms with E-state index in [1.165, 1.54) is 24.1 Å². The molecule has 1 aliphatic heterocycles. The van der Waals surface area contributed by atoms with Gasteiger partial charge in [-0.2, -0.15) is 4.98 Å². The summed E-state index contributed by atoms with van der Waals surface area (Å²) in [5.74, 6) is -0.576. The van der Waals surface area contributed by atoms with Crippen LogP contribution in [0.25, 0.3) is 22.6 Å². The summed E-state index contributed by atoms with van der Waals surface area (Å²) in [6.45, 7) is 0. The first-order valence-electron chi connectivity index (χ1n) is 9.68. The number of imide groups is 1. The molecule has 12 heteroatoms. The zero-order valence-electron chi connectivity index (χ0n) is 16.8. The second-order valence-electron chi connectivity index (χ2n) is 7.14. The molecular weight excluding hydrogens is 420 g/mol. The third-order valence-corrected chi connectivity index (χ3v) is 5.09. The van der Waals surface area contributed by atoms with Gasteiger partial charge < -0.3 is 13.7 Å². The Bertz CT molecular complexity index is 1390. The van der Waals surface area contributed by atoms with E-state index in [2.05, 4.69) is 25.4 Å². The van der Waals surface area contributed by atoms with Gasteiger partial charge in [0.25, 0.3) is 0 Å². The number of ether oxygens (including phenoxy) is 1. The van der Waals surface area contributed by atoms with Gasteiger partial charge in [-0.1, -0.05) is 11.2 Å². The van der Waals surface area contributed by atoms with Gasteiger partial charge in [0.1, 0.15) is 11.7 Å². The summed E-state index contributed by atoms with van der Waals surface area (Å²) in [6.07, 6.45) is 3.57. The number of nitrogens with one attached hydrogen (secondary N) is 1. The van der Waals surface area contributed by atoms with E-state index in [-0.39, 0.29) is 31.0 Å². The van der Waals surface area contributed by atoms with Crippen LogP contribution < -0.4 is 15.8 Å². The largest absolute Gasteiger partial charge is 0.480 e. The number of fused-ring (bicyclic) bond motifs is 1. The summed E-state index contributed by atoms with van der Waals surface area (Å²) in [5, 5.41) is 6.18. The van der Waals surface area contributed by atoms with E-state index in [9.17, 15) is 14.4 Å². The molecule has 1 unspecified atom stereocenters. The van der Waals surface area contributed by atoms with Crippen LogP contribution in [-0.4, -0.2) is 43.6 Å². The standard InChI is InChI=1S/C20H16N6O6/c1-30-17-9-21-11(8-22-17)18-24-16(32-25-18)7-10-2-4-14-13(6-10)26(20(29)31-14)12-3-5-15(27)23-19(12)28/h2,4,6,8-9,12H,3,5,7H2,1H3,(H,23,27,28). The molecular formula is C20H16N6O6. The van der Waals surface area contributed by atoms with Crippen molar-refractivity contribution in [1.82, 2.24) is 30.0 Å². The fourth-order valence-electron chi connectivity index (χ4n) is 3.56. The maximum Gasteiger partial charge on any atom is 0.420 e. The molecule has 0 bridgehead atoms. The van der Waals surface area contributed by atoms with E-state index >= 15 is 0 Å². The van der Waals surface area contributed by atoms with Crippen molar-refractivity contribution in [3.8, 4) is 17.4 Å². The van der Waals surface area contributed by atoms with Gasteiger partial charge in [-0.05, 0) is 24.1 Å². The fourth-order valence-corrected chi connectivity index (χ4v) is 3.56. The Labute approximate surface area is 179 Å². The SMILES string of the molecule is COc1cnc(-c2noc(Cc3ccc4oc(=O)n(C5CCC(=O)NC5=O)c4c3)n2)cn1. The zero-order valence-corrected chi connectivity index (χ0v) is 16.8. The number of hydrogen-bond donors (Lipinski definition) is 1. The predicted octanol–water partition coefficient (Wildman–Crippen LogP) is 1.01. The number of carbonyl (C=O) groups excluding carboxylic acids is 2. The Balaban J connectivity index is 1.43. The number of aromatic nitrogens is 5. The van der Waals surface area contributed by atoms with Crippen LogP contribution in [-0.2, 0) is 16.0 Å². The number of methoxy groups -OCH3 is 1. The zero-order chi connectivity index (χ0) is 22.2. The minimum Gasteiger partial charge on any atom is -0.480 e. The molecule has 1 N–H and O–H groups in total. The van der Waals surface area contributed by atoms with Crippen molar-refractivity contribution in [2.24, 2.45) is 0 Å². The Morgan fingerprint density at radius 3 is 2.84 bits per heavy atom. The van der Waals surface area contributed by atoms with Crippen LogP contribution in [0, 0.1) is 0 Å². The molecule has 32 heavy (non-hydrogen) atoms. The minimum atomic E-state index is -0.819. The monoisotopic (exact) mass is 436 g/mol. The van der Waals surface area contributed by atoms with Crippen LogP contribution in [0.15, 0.2) is 44.3 Å². The van der Waals surface area contributed by atoms with E-state index in [0.717, 1.165) is 5.56 Å². The average Bonchev–Trinajstić information content (AvgIpc) is 3.38. The van der Waals surface area contributed by atoms with Gasteiger partial charge in [0.15, 0.2) is 5.58 Å². The molecule has 0 radical (unpaired) electrons. The molecule has 2 amide bonds. The maximum atomic E-state index is 12.4. The second-order valence-corrected chi connectivity index (χ2v) is 7.14. The summed E-state index contributed by atoms with van der Waals surface area (Å²) in [7, 11) is 1.49. The Kier molecular flexibility index (Phi) is 4.73. The Morgan fingerprint density at radius 1 is 1.22 bits per heavy atom. The van der Waals surface area contributed by atoms with Crippen molar-refractivity contribution in [2.45, 2.75) is 25.3 Å². The lowest BCUT2D eigenvalue weighted by Crippen LogP contribution is -2.43. The topological polar surface area (TPSA) is 155 Å². The summed E-state index contributed by atoms with van der Waals surface area (Å²) in [6, 6.07) is 4.30. The van der Waals surface area contributed by atoms with E-state index in [1.54, 1.807) is 18.2 Å². The molecule has 0 spiro atoms. The highest BCUT2D eigenvalue weighted by atomic mass is 16.5.